The van der Waals surface area contributed by atoms with E-state index in [0.29, 0.717) is 43.3 Å². The van der Waals surface area contributed by atoms with Crippen molar-refractivity contribution >= 4 is 17.5 Å². The Morgan fingerprint density at radius 3 is 2.79 bits per heavy atom. The monoisotopic (exact) mass is 549 g/mol. The van der Waals surface area contributed by atoms with Crippen molar-refractivity contribution in [1.29, 1.82) is 0 Å². The van der Waals surface area contributed by atoms with Gasteiger partial charge in [-0.25, -0.2) is 0 Å². The van der Waals surface area contributed by atoms with Gasteiger partial charge in [-0.05, 0) is 60.6 Å². The standard InChI is InChI=1S/C31H36ClN3O4/c1-3-21-7-6-8-22(17-21)27-26(32)12-11-25-28(27)30(37,13-4-5-15-38-2)31(25)20-35(14-16-39-31)29(36)23-9-10-24(18-33)34-19-23/h6-12,17,19,37H,3-5,13-16,18,20,33H2,1-2H3/t30-,31+/m1/s1. The van der Waals surface area contributed by atoms with Crippen LogP contribution in [0.4, 0.5) is 0 Å². The molecule has 3 aromatic rings. The normalized spacial score (nSPS) is 22.0. The second-order valence-electron chi connectivity index (χ2n) is 10.4. The highest BCUT2D eigenvalue weighted by atomic mass is 35.5. The van der Waals surface area contributed by atoms with Gasteiger partial charge in [0.25, 0.3) is 5.91 Å². The first-order valence-corrected chi connectivity index (χ1v) is 14.0. The van der Waals surface area contributed by atoms with E-state index in [1.165, 1.54) is 5.56 Å². The third-order valence-electron chi connectivity index (χ3n) is 8.12. The number of carbonyl (C=O) groups is 1. The number of benzene rings is 2. The molecule has 1 amide bonds. The minimum absolute atomic E-state index is 0.145. The van der Waals surface area contributed by atoms with E-state index in [4.69, 9.17) is 26.8 Å². The van der Waals surface area contributed by atoms with Crippen molar-refractivity contribution in [2.24, 2.45) is 5.73 Å². The molecular formula is C31H36ClN3O4. The summed E-state index contributed by atoms with van der Waals surface area (Å²) in [5.41, 5.74) is 9.16. The fourth-order valence-electron chi connectivity index (χ4n) is 6.05. The molecule has 0 saturated carbocycles. The summed E-state index contributed by atoms with van der Waals surface area (Å²) in [5.74, 6) is -0.145. The van der Waals surface area contributed by atoms with Gasteiger partial charge < -0.3 is 25.2 Å². The Morgan fingerprint density at radius 2 is 2.08 bits per heavy atom. The van der Waals surface area contributed by atoms with Crippen LogP contribution in [0.3, 0.4) is 0 Å². The molecular weight excluding hydrogens is 514 g/mol. The zero-order valence-electron chi connectivity index (χ0n) is 22.6. The first kappa shape index (κ1) is 27.7. The van der Waals surface area contributed by atoms with Gasteiger partial charge >= 0.3 is 0 Å². The van der Waals surface area contributed by atoms with Crippen molar-refractivity contribution in [3.05, 3.63) is 87.7 Å². The zero-order chi connectivity index (χ0) is 27.6. The number of pyridine rings is 1. The van der Waals surface area contributed by atoms with Crippen molar-refractivity contribution < 1.29 is 19.4 Å². The number of hydrogen-bond donors (Lipinski definition) is 2. The van der Waals surface area contributed by atoms with Crippen molar-refractivity contribution in [3.63, 3.8) is 0 Å². The second-order valence-corrected chi connectivity index (χ2v) is 10.8. The summed E-state index contributed by atoms with van der Waals surface area (Å²) in [6.45, 7) is 4.00. The molecule has 1 aliphatic carbocycles. The third kappa shape index (κ3) is 4.77. The molecule has 1 fully saturated rings. The average Bonchev–Trinajstić information content (AvgIpc) is 2.98. The summed E-state index contributed by atoms with van der Waals surface area (Å²) in [6, 6.07) is 15.6. The Morgan fingerprint density at radius 1 is 1.23 bits per heavy atom. The minimum Gasteiger partial charge on any atom is -0.385 e. The van der Waals surface area contributed by atoms with E-state index in [2.05, 4.69) is 24.0 Å². The van der Waals surface area contributed by atoms with Gasteiger partial charge in [0, 0.05) is 49.2 Å². The highest BCUT2D eigenvalue weighted by Gasteiger charge is 2.66. The number of fused-ring (bicyclic) bond motifs is 2. The summed E-state index contributed by atoms with van der Waals surface area (Å²) in [6.07, 6.45) is 4.45. The van der Waals surface area contributed by atoms with Crippen molar-refractivity contribution in [2.45, 2.75) is 50.4 Å². The Balaban J connectivity index is 1.56. The summed E-state index contributed by atoms with van der Waals surface area (Å²) in [5, 5.41) is 13.2. The van der Waals surface area contributed by atoms with Crippen LogP contribution >= 0.6 is 11.6 Å². The maximum atomic E-state index is 13.5. The molecule has 8 heteroatoms. The quantitative estimate of drug-likeness (QED) is 0.372. The molecule has 0 unspecified atom stereocenters. The fraction of sp³-hybridized carbons (Fsp3) is 0.419. The summed E-state index contributed by atoms with van der Waals surface area (Å²) in [7, 11) is 1.68. The van der Waals surface area contributed by atoms with E-state index in [-0.39, 0.29) is 12.5 Å². The summed E-state index contributed by atoms with van der Waals surface area (Å²) in [4.78, 5) is 19.6. The molecule has 206 valence electrons. The predicted molar refractivity (Wildman–Crippen MR) is 152 cm³/mol. The molecule has 2 aliphatic rings. The number of halogens is 1. The maximum absolute atomic E-state index is 13.5. The van der Waals surface area contributed by atoms with Gasteiger partial charge in [0.2, 0.25) is 0 Å². The van der Waals surface area contributed by atoms with Crippen molar-refractivity contribution in [2.75, 3.05) is 33.4 Å². The molecule has 5 rings (SSSR count). The third-order valence-corrected chi connectivity index (χ3v) is 8.44. The van der Waals surface area contributed by atoms with Crippen molar-refractivity contribution in [3.8, 4) is 11.1 Å². The average molecular weight is 550 g/mol. The maximum Gasteiger partial charge on any atom is 0.255 e. The Kier molecular flexibility index (Phi) is 8.08. The van der Waals surface area contributed by atoms with Gasteiger partial charge in [-0.3, -0.25) is 9.78 Å². The minimum atomic E-state index is -1.33. The molecule has 1 spiro atoms. The van der Waals surface area contributed by atoms with Gasteiger partial charge in [-0.2, -0.15) is 0 Å². The molecule has 1 aliphatic heterocycles. The van der Waals surface area contributed by atoms with Crippen LogP contribution in [0.2, 0.25) is 5.02 Å². The molecule has 0 bridgehead atoms. The van der Waals surface area contributed by atoms with Crippen LogP contribution in [0.15, 0.2) is 54.7 Å². The number of carbonyl (C=O) groups excluding carboxylic acids is 1. The highest BCUT2D eigenvalue weighted by molar-refractivity contribution is 6.33. The van der Waals surface area contributed by atoms with E-state index < -0.39 is 11.2 Å². The smallest absolute Gasteiger partial charge is 0.255 e. The van der Waals surface area contributed by atoms with Gasteiger partial charge in [0.15, 0.2) is 0 Å². The molecule has 1 saturated heterocycles. The predicted octanol–water partition coefficient (Wildman–Crippen LogP) is 4.81. The fourth-order valence-corrected chi connectivity index (χ4v) is 6.32. The Hall–Kier alpha value is -2.81. The number of unbranched alkanes of at least 4 members (excludes halogenated alkanes) is 1. The SMILES string of the molecule is CCc1cccc(-c2c(Cl)ccc3c2[C@](O)(CCCCOC)[C@]32CN(C(=O)c3ccc(CN)nc3)CCO2)c1. The lowest BCUT2D eigenvalue weighted by molar-refractivity contribution is -0.251. The zero-order valence-corrected chi connectivity index (χ0v) is 23.3. The van der Waals surface area contributed by atoms with E-state index >= 15 is 0 Å². The number of hydrogen-bond acceptors (Lipinski definition) is 6. The first-order chi connectivity index (χ1) is 18.9. The van der Waals surface area contributed by atoms with Crippen LogP contribution in [0.25, 0.3) is 11.1 Å². The molecule has 2 heterocycles. The van der Waals surface area contributed by atoms with Crippen LogP contribution in [0.1, 0.15) is 58.9 Å². The number of ether oxygens (including phenoxy) is 2. The Bertz CT molecular complexity index is 1350. The number of amides is 1. The lowest BCUT2D eigenvalue weighted by Crippen LogP contribution is -2.68. The molecule has 39 heavy (non-hydrogen) atoms. The van der Waals surface area contributed by atoms with Gasteiger partial charge in [-0.1, -0.05) is 48.9 Å². The highest BCUT2D eigenvalue weighted by Crippen LogP contribution is 2.62. The molecule has 7 nitrogen and oxygen atoms in total. The lowest BCUT2D eigenvalue weighted by Gasteiger charge is -2.60. The van der Waals surface area contributed by atoms with E-state index in [0.717, 1.165) is 47.2 Å². The topological polar surface area (TPSA) is 97.9 Å². The van der Waals surface area contributed by atoms with Gasteiger partial charge in [0.1, 0.15) is 11.2 Å². The van der Waals surface area contributed by atoms with Gasteiger partial charge in [0.05, 0.1) is 24.4 Å². The van der Waals surface area contributed by atoms with E-state index in [1.54, 1.807) is 30.3 Å². The largest absolute Gasteiger partial charge is 0.385 e. The number of methoxy groups -OCH3 is 1. The van der Waals surface area contributed by atoms with Crippen LogP contribution in [0, 0.1) is 0 Å². The number of aryl methyl sites for hydroxylation is 1. The summed E-state index contributed by atoms with van der Waals surface area (Å²) < 4.78 is 11.7. The van der Waals surface area contributed by atoms with E-state index in [9.17, 15) is 9.90 Å². The van der Waals surface area contributed by atoms with Gasteiger partial charge in [-0.15, -0.1) is 0 Å². The second kappa shape index (κ2) is 11.4. The molecule has 3 N–H and O–H groups in total. The number of rotatable bonds is 9. The van der Waals surface area contributed by atoms with Crippen LogP contribution < -0.4 is 5.73 Å². The molecule has 1 aromatic heterocycles. The van der Waals surface area contributed by atoms with Crippen LogP contribution in [-0.4, -0.2) is 54.3 Å². The van der Waals surface area contributed by atoms with Crippen LogP contribution in [-0.2, 0) is 33.6 Å². The number of nitrogens with zero attached hydrogens (tertiary/aromatic N) is 2. The summed E-state index contributed by atoms with van der Waals surface area (Å²) >= 11 is 6.84. The number of morpholine rings is 1. The number of aliphatic hydroxyl groups is 1. The first-order valence-electron chi connectivity index (χ1n) is 13.6. The van der Waals surface area contributed by atoms with Crippen molar-refractivity contribution in [1.82, 2.24) is 9.88 Å². The lowest BCUT2D eigenvalue weighted by atomic mass is 9.56. The van der Waals surface area contributed by atoms with E-state index in [1.807, 2.05) is 24.3 Å². The Labute approximate surface area is 234 Å². The van der Waals surface area contributed by atoms with Crippen LogP contribution in [0.5, 0.6) is 0 Å². The molecule has 2 aromatic carbocycles. The number of aromatic nitrogens is 1. The number of nitrogens with two attached hydrogens (primary N) is 1. The molecule has 0 radical (unpaired) electrons. The molecule has 2 atom stereocenters.